The molecule has 0 spiro atoms. The molecule has 1 aromatic carbocycles. The Hall–Kier alpha value is -1.71. The molecule has 116 valence electrons. The van der Waals surface area contributed by atoms with Gasteiger partial charge < -0.3 is 14.7 Å². The lowest BCUT2D eigenvalue weighted by molar-refractivity contribution is 0.414. The highest BCUT2D eigenvalue weighted by Crippen LogP contribution is 2.23. The van der Waals surface area contributed by atoms with Crippen LogP contribution < -0.4 is 4.90 Å². The van der Waals surface area contributed by atoms with E-state index in [1.807, 2.05) is 0 Å². The summed E-state index contributed by atoms with van der Waals surface area (Å²) >= 11 is 0. The molecule has 0 aromatic heterocycles. The molecule has 0 radical (unpaired) electrons. The predicted molar refractivity (Wildman–Crippen MR) is 91.1 cm³/mol. The maximum atomic E-state index is 4.82. The van der Waals surface area contributed by atoms with Gasteiger partial charge in [0.25, 0.3) is 0 Å². The summed E-state index contributed by atoms with van der Waals surface area (Å²) in [6, 6.07) is 10.7. The molecule has 1 unspecified atom stereocenters. The SMILES string of the molecule is CN(C)C(=NCC1CCCN(c2ccccc2)C1)N(C)C. The van der Waals surface area contributed by atoms with Crippen LogP contribution in [0, 0.1) is 5.92 Å². The van der Waals surface area contributed by atoms with Crippen molar-refractivity contribution >= 4 is 11.6 Å². The minimum Gasteiger partial charge on any atom is -0.371 e. The smallest absolute Gasteiger partial charge is 0.195 e. The first-order valence-corrected chi connectivity index (χ1v) is 7.77. The normalized spacial score (nSPS) is 18.3. The standard InChI is InChI=1S/C17H28N4/c1-19(2)17(20(3)4)18-13-15-9-8-12-21(14-15)16-10-6-5-7-11-16/h5-7,10-11,15H,8-9,12-14H2,1-4H3. The summed E-state index contributed by atoms with van der Waals surface area (Å²) < 4.78 is 0. The molecule has 1 fully saturated rings. The van der Waals surface area contributed by atoms with Gasteiger partial charge in [-0.3, -0.25) is 4.99 Å². The molecular formula is C17H28N4. The van der Waals surface area contributed by atoms with Gasteiger partial charge in [0, 0.05) is 53.5 Å². The summed E-state index contributed by atoms with van der Waals surface area (Å²) in [4.78, 5) is 11.5. The number of rotatable bonds is 3. The third-order valence-electron chi connectivity index (χ3n) is 3.93. The quantitative estimate of drug-likeness (QED) is 0.630. The first-order valence-electron chi connectivity index (χ1n) is 7.77. The van der Waals surface area contributed by atoms with E-state index in [-0.39, 0.29) is 0 Å². The molecule has 1 saturated heterocycles. The molecular weight excluding hydrogens is 260 g/mol. The zero-order valence-electron chi connectivity index (χ0n) is 13.8. The van der Waals surface area contributed by atoms with Crippen LogP contribution in [0.25, 0.3) is 0 Å². The topological polar surface area (TPSA) is 22.1 Å². The van der Waals surface area contributed by atoms with Crippen molar-refractivity contribution in [2.24, 2.45) is 10.9 Å². The Kier molecular flexibility index (Phi) is 5.48. The Morgan fingerprint density at radius 1 is 1.14 bits per heavy atom. The van der Waals surface area contributed by atoms with Gasteiger partial charge in [0.1, 0.15) is 0 Å². The summed E-state index contributed by atoms with van der Waals surface area (Å²) in [6.07, 6.45) is 2.54. The van der Waals surface area contributed by atoms with Crippen LogP contribution in [0.15, 0.2) is 35.3 Å². The van der Waals surface area contributed by atoms with Gasteiger partial charge in [-0.05, 0) is 30.9 Å². The number of hydrogen-bond acceptors (Lipinski definition) is 2. The summed E-state index contributed by atoms with van der Waals surface area (Å²) in [5.74, 6) is 1.70. The van der Waals surface area contributed by atoms with E-state index in [2.05, 4.69) is 73.2 Å². The molecule has 1 aliphatic heterocycles. The number of anilines is 1. The number of aliphatic imine (C=N–C) groups is 1. The van der Waals surface area contributed by atoms with E-state index in [1.165, 1.54) is 25.1 Å². The van der Waals surface area contributed by atoms with E-state index in [1.54, 1.807) is 0 Å². The fourth-order valence-corrected chi connectivity index (χ4v) is 2.98. The fourth-order valence-electron chi connectivity index (χ4n) is 2.98. The third kappa shape index (κ3) is 4.38. The van der Waals surface area contributed by atoms with Crippen molar-refractivity contribution in [2.75, 3.05) is 52.7 Å². The van der Waals surface area contributed by atoms with Crippen molar-refractivity contribution in [1.29, 1.82) is 0 Å². The van der Waals surface area contributed by atoms with Crippen LogP contribution in [0.5, 0.6) is 0 Å². The Morgan fingerprint density at radius 3 is 2.43 bits per heavy atom. The van der Waals surface area contributed by atoms with Crippen LogP contribution in [0.4, 0.5) is 5.69 Å². The van der Waals surface area contributed by atoms with Gasteiger partial charge in [0.2, 0.25) is 0 Å². The number of piperidine rings is 1. The van der Waals surface area contributed by atoms with Crippen LogP contribution in [-0.2, 0) is 0 Å². The summed E-state index contributed by atoms with van der Waals surface area (Å²) in [5, 5.41) is 0. The van der Waals surface area contributed by atoms with Gasteiger partial charge in [0.15, 0.2) is 5.96 Å². The monoisotopic (exact) mass is 288 g/mol. The van der Waals surface area contributed by atoms with Crippen molar-refractivity contribution in [3.05, 3.63) is 30.3 Å². The first-order chi connectivity index (χ1) is 10.1. The largest absolute Gasteiger partial charge is 0.371 e. The molecule has 0 amide bonds. The summed E-state index contributed by atoms with van der Waals surface area (Å²) in [7, 11) is 8.21. The van der Waals surface area contributed by atoms with Gasteiger partial charge in [-0.2, -0.15) is 0 Å². The molecule has 0 saturated carbocycles. The second kappa shape index (κ2) is 7.34. The number of nitrogens with zero attached hydrogens (tertiary/aromatic N) is 4. The van der Waals surface area contributed by atoms with Crippen LogP contribution >= 0.6 is 0 Å². The zero-order valence-corrected chi connectivity index (χ0v) is 13.8. The van der Waals surface area contributed by atoms with Gasteiger partial charge >= 0.3 is 0 Å². The van der Waals surface area contributed by atoms with E-state index >= 15 is 0 Å². The molecule has 1 aromatic rings. The van der Waals surface area contributed by atoms with Crippen LogP contribution in [0.3, 0.4) is 0 Å². The first kappa shape index (κ1) is 15.7. The number of hydrogen-bond donors (Lipinski definition) is 0. The average molecular weight is 288 g/mol. The van der Waals surface area contributed by atoms with E-state index in [0.717, 1.165) is 19.0 Å². The second-order valence-corrected chi connectivity index (χ2v) is 6.22. The van der Waals surface area contributed by atoms with Crippen molar-refractivity contribution in [3.63, 3.8) is 0 Å². The second-order valence-electron chi connectivity index (χ2n) is 6.22. The molecule has 1 atom stereocenters. The number of guanidine groups is 1. The minimum atomic E-state index is 0.647. The van der Waals surface area contributed by atoms with Crippen molar-refractivity contribution in [3.8, 4) is 0 Å². The maximum absolute atomic E-state index is 4.82. The zero-order chi connectivity index (χ0) is 15.2. The highest BCUT2D eigenvalue weighted by molar-refractivity contribution is 5.79. The highest BCUT2D eigenvalue weighted by atomic mass is 15.3. The van der Waals surface area contributed by atoms with Crippen molar-refractivity contribution in [2.45, 2.75) is 12.8 Å². The van der Waals surface area contributed by atoms with Gasteiger partial charge in [0.05, 0.1) is 0 Å². The lowest BCUT2D eigenvalue weighted by Gasteiger charge is -2.34. The summed E-state index contributed by atoms with van der Waals surface area (Å²) in [6.45, 7) is 3.19. The van der Waals surface area contributed by atoms with Gasteiger partial charge in [-0.15, -0.1) is 0 Å². The molecule has 4 nitrogen and oxygen atoms in total. The Balaban J connectivity index is 1.97. The molecule has 1 aliphatic rings. The maximum Gasteiger partial charge on any atom is 0.195 e. The third-order valence-corrected chi connectivity index (χ3v) is 3.93. The molecule has 0 N–H and O–H groups in total. The summed E-state index contributed by atoms with van der Waals surface area (Å²) in [5.41, 5.74) is 1.34. The minimum absolute atomic E-state index is 0.647. The Morgan fingerprint density at radius 2 is 1.81 bits per heavy atom. The molecule has 0 aliphatic carbocycles. The van der Waals surface area contributed by atoms with E-state index < -0.39 is 0 Å². The average Bonchev–Trinajstić information content (AvgIpc) is 2.48. The predicted octanol–water partition coefficient (Wildman–Crippen LogP) is 2.38. The Labute approximate surface area is 129 Å². The molecule has 21 heavy (non-hydrogen) atoms. The fraction of sp³-hybridized carbons (Fsp3) is 0.588. The van der Waals surface area contributed by atoms with Crippen LogP contribution in [-0.4, -0.2) is 63.6 Å². The lowest BCUT2D eigenvalue weighted by atomic mass is 9.97. The van der Waals surface area contributed by atoms with Gasteiger partial charge in [-0.1, -0.05) is 18.2 Å². The van der Waals surface area contributed by atoms with E-state index in [0.29, 0.717) is 5.92 Å². The van der Waals surface area contributed by atoms with Crippen molar-refractivity contribution < 1.29 is 0 Å². The van der Waals surface area contributed by atoms with E-state index in [4.69, 9.17) is 4.99 Å². The lowest BCUT2D eigenvalue weighted by Crippen LogP contribution is -2.38. The highest BCUT2D eigenvalue weighted by Gasteiger charge is 2.20. The van der Waals surface area contributed by atoms with Crippen LogP contribution in [0.1, 0.15) is 12.8 Å². The number of para-hydroxylation sites is 1. The molecule has 4 heteroatoms. The number of benzene rings is 1. The van der Waals surface area contributed by atoms with Crippen molar-refractivity contribution in [1.82, 2.24) is 9.80 Å². The Bertz CT molecular complexity index is 443. The van der Waals surface area contributed by atoms with E-state index in [9.17, 15) is 0 Å². The van der Waals surface area contributed by atoms with Crippen LogP contribution in [0.2, 0.25) is 0 Å². The molecule has 1 heterocycles. The molecule has 2 rings (SSSR count). The molecule has 0 bridgehead atoms. The van der Waals surface area contributed by atoms with Gasteiger partial charge in [-0.25, -0.2) is 0 Å².